The van der Waals surface area contributed by atoms with Crippen LogP contribution in [0.1, 0.15) is 25.6 Å². The van der Waals surface area contributed by atoms with Crippen LogP contribution in [0.2, 0.25) is 0 Å². The fourth-order valence-corrected chi connectivity index (χ4v) is 2.91. The van der Waals surface area contributed by atoms with E-state index in [1.165, 1.54) is 25.9 Å². The lowest BCUT2D eigenvalue weighted by molar-refractivity contribution is 0.190. The van der Waals surface area contributed by atoms with E-state index in [1.807, 2.05) is 19.1 Å². The second kappa shape index (κ2) is 6.87. The highest BCUT2D eigenvalue weighted by atomic mass is 16.5. The molecule has 0 aromatic carbocycles. The van der Waals surface area contributed by atoms with Gasteiger partial charge in [-0.1, -0.05) is 12.1 Å². The minimum absolute atomic E-state index is 0.535. The van der Waals surface area contributed by atoms with Gasteiger partial charge >= 0.3 is 0 Å². The molecule has 1 atom stereocenters. The summed E-state index contributed by atoms with van der Waals surface area (Å²) < 4.78 is 5.19. The SMILES string of the molecule is Cc1noc(-c2ccnc(NCCN3CCC[C@H](C)C3)c2)n1. The smallest absolute Gasteiger partial charge is 0.258 e. The zero-order valence-corrected chi connectivity index (χ0v) is 13.2. The van der Waals surface area contributed by atoms with Crippen molar-refractivity contribution in [2.45, 2.75) is 26.7 Å². The Labute approximate surface area is 130 Å². The molecule has 3 heterocycles. The van der Waals surface area contributed by atoms with Gasteiger partial charge in [-0.3, -0.25) is 0 Å². The molecule has 0 bridgehead atoms. The third-order valence-electron chi connectivity index (χ3n) is 4.01. The first-order valence-corrected chi connectivity index (χ1v) is 7.93. The van der Waals surface area contributed by atoms with Crippen molar-refractivity contribution >= 4 is 5.82 Å². The average molecular weight is 301 g/mol. The molecule has 1 fully saturated rings. The predicted molar refractivity (Wildman–Crippen MR) is 85.6 cm³/mol. The largest absolute Gasteiger partial charge is 0.369 e. The number of piperidine rings is 1. The van der Waals surface area contributed by atoms with Gasteiger partial charge in [-0.2, -0.15) is 4.98 Å². The zero-order chi connectivity index (χ0) is 15.4. The molecule has 1 aliphatic rings. The maximum absolute atomic E-state index is 5.19. The fraction of sp³-hybridized carbons (Fsp3) is 0.562. The first-order chi connectivity index (χ1) is 10.7. The van der Waals surface area contributed by atoms with Crippen LogP contribution in [0.15, 0.2) is 22.9 Å². The Bertz CT molecular complexity index is 612. The van der Waals surface area contributed by atoms with Crippen molar-refractivity contribution in [2.75, 3.05) is 31.5 Å². The lowest BCUT2D eigenvalue weighted by Gasteiger charge is -2.30. The Morgan fingerprint density at radius 1 is 1.45 bits per heavy atom. The summed E-state index contributed by atoms with van der Waals surface area (Å²) in [6, 6.07) is 3.83. The number of aryl methyl sites for hydroxylation is 1. The van der Waals surface area contributed by atoms with Gasteiger partial charge in [-0.05, 0) is 44.4 Å². The molecule has 0 radical (unpaired) electrons. The van der Waals surface area contributed by atoms with Crippen LogP contribution < -0.4 is 5.32 Å². The number of anilines is 1. The monoisotopic (exact) mass is 301 g/mol. The summed E-state index contributed by atoms with van der Waals surface area (Å²) in [4.78, 5) is 11.1. The normalized spacial score (nSPS) is 19.3. The molecule has 1 N–H and O–H groups in total. The van der Waals surface area contributed by atoms with E-state index >= 15 is 0 Å². The molecule has 3 rings (SSSR count). The van der Waals surface area contributed by atoms with Gasteiger partial charge in [-0.15, -0.1) is 0 Å². The molecular weight excluding hydrogens is 278 g/mol. The topological polar surface area (TPSA) is 67.1 Å². The van der Waals surface area contributed by atoms with Gasteiger partial charge in [0.15, 0.2) is 5.82 Å². The van der Waals surface area contributed by atoms with E-state index in [-0.39, 0.29) is 0 Å². The summed E-state index contributed by atoms with van der Waals surface area (Å²) in [5.41, 5.74) is 0.893. The van der Waals surface area contributed by atoms with Crippen LogP contribution in [0.25, 0.3) is 11.5 Å². The maximum Gasteiger partial charge on any atom is 0.258 e. The molecule has 0 unspecified atom stereocenters. The van der Waals surface area contributed by atoms with Crippen LogP contribution in [-0.4, -0.2) is 46.2 Å². The number of aromatic nitrogens is 3. The van der Waals surface area contributed by atoms with Crippen molar-refractivity contribution in [3.8, 4) is 11.5 Å². The number of pyridine rings is 1. The molecule has 22 heavy (non-hydrogen) atoms. The van der Waals surface area contributed by atoms with E-state index < -0.39 is 0 Å². The van der Waals surface area contributed by atoms with Crippen molar-refractivity contribution in [3.63, 3.8) is 0 Å². The van der Waals surface area contributed by atoms with Crippen LogP contribution in [0.5, 0.6) is 0 Å². The van der Waals surface area contributed by atoms with Crippen molar-refractivity contribution in [1.29, 1.82) is 0 Å². The quantitative estimate of drug-likeness (QED) is 0.915. The Morgan fingerprint density at radius 2 is 2.36 bits per heavy atom. The summed E-state index contributed by atoms with van der Waals surface area (Å²) in [5, 5.41) is 7.20. The Kier molecular flexibility index (Phi) is 4.68. The van der Waals surface area contributed by atoms with Crippen LogP contribution in [0, 0.1) is 12.8 Å². The Hall–Kier alpha value is -1.95. The number of nitrogens with one attached hydrogen (secondary N) is 1. The molecule has 2 aromatic heterocycles. The van der Waals surface area contributed by atoms with E-state index in [2.05, 4.69) is 32.3 Å². The lowest BCUT2D eigenvalue weighted by atomic mass is 10.0. The number of nitrogens with zero attached hydrogens (tertiary/aromatic N) is 4. The van der Waals surface area contributed by atoms with E-state index in [4.69, 9.17) is 4.52 Å². The molecule has 6 heteroatoms. The molecule has 118 valence electrons. The van der Waals surface area contributed by atoms with Gasteiger partial charge in [0, 0.05) is 31.4 Å². The summed E-state index contributed by atoms with van der Waals surface area (Å²) in [6.07, 6.45) is 4.43. The molecule has 2 aromatic rings. The van der Waals surface area contributed by atoms with Gasteiger partial charge in [0.1, 0.15) is 5.82 Å². The van der Waals surface area contributed by atoms with Gasteiger partial charge in [-0.25, -0.2) is 4.98 Å². The van der Waals surface area contributed by atoms with Gasteiger partial charge < -0.3 is 14.7 Å². The van der Waals surface area contributed by atoms with E-state index in [9.17, 15) is 0 Å². The third kappa shape index (κ3) is 3.82. The first kappa shape index (κ1) is 15.0. The second-order valence-corrected chi connectivity index (χ2v) is 6.05. The standard InChI is InChI=1S/C16H23N5O/c1-12-4-3-8-21(11-12)9-7-18-15-10-14(5-6-17-15)16-19-13(2)20-22-16/h5-6,10,12H,3-4,7-9,11H2,1-2H3,(H,17,18)/t12-/m0/s1. The summed E-state index contributed by atoms with van der Waals surface area (Å²) in [6.45, 7) is 8.50. The Balaban J connectivity index is 1.54. The summed E-state index contributed by atoms with van der Waals surface area (Å²) in [5.74, 6) is 2.84. The zero-order valence-electron chi connectivity index (χ0n) is 13.2. The number of likely N-dealkylation sites (tertiary alicyclic amines) is 1. The van der Waals surface area contributed by atoms with Crippen LogP contribution in [-0.2, 0) is 0 Å². The van der Waals surface area contributed by atoms with E-state index in [1.54, 1.807) is 6.20 Å². The van der Waals surface area contributed by atoms with E-state index in [0.717, 1.165) is 30.4 Å². The highest BCUT2D eigenvalue weighted by Crippen LogP contribution is 2.19. The number of rotatable bonds is 5. The number of hydrogen-bond acceptors (Lipinski definition) is 6. The molecule has 6 nitrogen and oxygen atoms in total. The van der Waals surface area contributed by atoms with E-state index in [0.29, 0.717) is 11.7 Å². The van der Waals surface area contributed by atoms with Crippen molar-refractivity contribution in [3.05, 3.63) is 24.2 Å². The highest BCUT2D eigenvalue weighted by molar-refractivity contribution is 5.57. The molecule has 1 aliphatic heterocycles. The molecule has 0 amide bonds. The van der Waals surface area contributed by atoms with Gasteiger partial charge in [0.05, 0.1) is 0 Å². The molecular formula is C16H23N5O. The lowest BCUT2D eigenvalue weighted by Crippen LogP contribution is -2.37. The van der Waals surface area contributed by atoms with Crippen LogP contribution in [0.3, 0.4) is 0 Å². The first-order valence-electron chi connectivity index (χ1n) is 7.93. The van der Waals surface area contributed by atoms with Crippen molar-refractivity contribution in [2.24, 2.45) is 5.92 Å². The predicted octanol–water partition coefficient (Wildman–Crippen LogP) is 2.58. The second-order valence-electron chi connectivity index (χ2n) is 6.05. The van der Waals surface area contributed by atoms with Gasteiger partial charge in [0.2, 0.25) is 0 Å². The molecule has 0 saturated carbocycles. The number of hydrogen-bond donors (Lipinski definition) is 1. The average Bonchev–Trinajstić information content (AvgIpc) is 2.94. The van der Waals surface area contributed by atoms with Gasteiger partial charge in [0.25, 0.3) is 5.89 Å². The van der Waals surface area contributed by atoms with Crippen molar-refractivity contribution in [1.82, 2.24) is 20.0 Å². The van der Waals surface area contributed by atoms with Crippen LogP contribution >= 0.6 is 0 Å². The summed E-state index contributed by atoms with van der Waals surface area (Å²) in [7, 11) is 0. The maximum atomic E-state index is 5.19. The minimum Gasteiger partial charge on any atom is -0.369 e. The fourth-order valence-electron chi connectivity index (χ4n) is 2.91. The Morgan fingerprint density at radius 3 is 3.14 bits per heavy atom. The molecule has 0 spiro atoms. The van der Waals surface area contributed by atoms with Crippen molar-refractivity contribution < 1.29 is 4.52 Å². The highest BCUT2D eigenvalue weighted by Gasteiger charge is 2.15. The molecule has 1 saturated heterocycles. The summed E-state index contributed by atoms with van der Waals surface area (Å²) >= 11 is 0. The van der Waals surface area contributed by atoms with Crippen LogP contribution in [0.4, 0.5) is 5.82 Å². The third-order valence-corrected chi connectivity index (χ3v) is 4.01. The molecule has 0 aliphatic carbocycles. The minimum atomic E-state index is 0.535.